The van der Waals surface area contributed by atoms with Gasteiger partial charge in [0.05, 0.1) is 10.5 Å². The fraction of sp³-hybridized carbons (Fsp3) is 0.667. The lowest BCUT2D eigenvalue weighted by molar-refractivity contribution is -0.140. The molecular weight excluding hydrogens is 326 g/mol. The Bertz CT molecular complexity index is 565. The monoisotopic (exact) mass is 353 g/mol. The first-order chi connectivity index (χ1) is 11.3. The standard InChI is InChI=1S/C18H27NO4S/c1-18(2,3)23-10-9-13(17(21)22)19-16(20)15-11-12-7-5-4-6-8-14(12)24-15/h11,13H,4-10H2,1-3H3,(H,19,20)(H,21,22). The highest BCUT2D eigenvalue weighted by atomic mass is 32.1. The third-order valence-corrected chi connectivity index (χ3v) is 5.25. The van der Waals surface area contributed by atoms with Crippen LogP contribution < -0.4 is 5.32 Å². The number of fused-ring (bicyclic) bond motifs is 1. The molecule has 24 heavy (non-hydrogen) atoms. The molecule has 0 fully saturated rings. The van der Waals surface area contributed by atoms with Crippen LogP contribution >= 0.6 is 11.3 Å². The van der Waals surface area contributed by atoms with E-state index < -0.39 is 12.0 Å². The molecule has 1 atom stereocenters. The van der Waals surface area contributed by atoms with Gasteiger partial charge in [0.1, 0.15) is 6.04 Å². The third-order valence-electron chi connectivity index (χ3n) is 4.02. The summed E-state index contributed by atoms with van der Waals surface area (Å²) >= 11 is 1.50. The molecule has 1 aliphatic carbocycles. The van der Waals surface area contributed by atoms with Gasteiger partial charge in [-0.15, -0.1) is 11.3 Å². The van der Waals surface area contributed by atoms with Gasteiger partial charge in [0.2, 0.25) is 0 Å². The maximum atomic E-state index is 12.4. The molecule has 1 heterocycles. The average Bonchev–Trinajstić information content (AvgIpc) is 2.76. The third kappa shape index (κ3) is 5.60. The molecule has 2 N–H and O–H groups in total. The summed E-state index contributed by atoms with van der Waals surface area (Å²) in [5, 5.41) is 12.0. The summed E-state index contributed by atoms with van der Waals surface area (Å²) < 4.78 is 5.57. The van der Waals surface area contributed by atoms with Gasteiger partial charge in [-0.2, -0.15) is 0 Å². The van der Waals surface area contributed by atoms with Crippen LogP contribution in [0.15, 0.2) is 6.07 Å². The first kappa shape index (κ1) is 18.9. The molecule has 0 radical (unpaired) electrons. The summed E-state index contributed by atoms with van der Waals surface area (Å²) in [6.45, 7) is 6.04. The number of ether oxygens (including phenoxy) is 1. The molecule has 0 bridgehead atoms. The number of carbonyl (C=O) groups excluding carboxylic acids is 1. The lowest BCUT2D eigenvalue weighted by atomic mass is 10.1. The van der Waals surface area contributed by atoms with Crippen LogP contribution in [0.25, 0.3) is 0 Å². The van der Waals surface area contributed by atoms with E-state index in [-0.39, 0.29) is 17.9 Å². The van der Waals surface area contributed by atoms with Crippen molar-refractivity contribution in [2.45, 2.75) is 70.9 Å². The molecule has 1 aliphatic rings. The highest BCUT2D eigenvalue weighted by Gasteiger charge is 2.23. The number of hydrogen-bond donors (Lipinski definition) is 2. The fourth-order valence-electron chi connectivity index (χ4n) is 2.75. The van der Waals surface area contributed by atoms with Crippen LogP contribution in [-0.2, 0) is 22.4 Å². The number of aryl methyl sites for hydroxylation is 2. The molecule has 1 aromatic heterocycles. The van der Waals surface area contributed by atoms with E-state index >= 15 is 0 Å². The van der Waals surface area contributed by atoms with E-state index in [2.05, 4.69) is 5.32 Å². The van der Waals surface area contributed by atoms with Crippen LogP contribution in [-0.4, -0.2) is 35.2 Å². The van der Waals surface area contributed by atoms with Gasteiger partial charge in [0, 0.05) is 17.9 Å². The molecule has 0 aromatic carbocycles. The van der Waals surface area contributed by atoms with Crippen LogP contribution in [0.4, 0.5) is 0 Å². The van der Waals surface area contributed by atoms with Crippen molar-refractivity contribution in [3.63, 3.8) is 0 Å². The van der Waals surface area contributed by atoms with Gasteiger partial charge in [0.15, 0.2) is 0 Å². The number of rotatable bonds is 6. The summed E-state index contributed by atoms with van der Waals surface area (Å²) in [6, 6.07) is 1.01. The zero-order valence-corrected chi connectivity index (χ0v) is 15.5. The zero-order valence-electron chi connectivity index (χ0n) is 14.7. The van der Waals surface area contributed by atoms with E-state index in [0.29, 0.717) is 11.5 Å². The maximum Gasteiger partial charge on any atom is 0.326 e. The smallest absolute Gasteiger partial charge is 0.326 e. The van der Waals surface area contributed by atoms with Crippen LogP contribution in [0.5, 0.6) is 0 Å². The highest BCUT2D eigenvalue weighted by molar-refractivity contribution is 7.14. The number of carbonyl (C=O) groups is 2. The van der Waals surface area contributed by atoms with Crippen molar-refractivity contribution < 1.29 is 19.4 Å². The summed E-state index contributed by atoms with van der Waals surface area (Å²) in [4.78, 5) is 25.7. The second kappa shape index (κ2) is 8.12. The first-order valence-electron chi connectivity index (χ1n) is 8.55. The number of aliphatic carboxylic acids is 1. The van der Waals surface area contributed by atoms with Crippen molar-refractivity contribution in [3.05, 3.63) is 21.4 Å². The number of hydrogen-bond acceptors (Lipinski definition) is 4. The minimum atomic E-state index is -1.03. The van der Waals surface area contributed by atoms with E-state index in [1.807, 2.05) is 26.8 Å². The van der Waals surface area contributed by atoms with Gasteiger partial charge in [-0.25, -0.2) is 4.79 Å². The largest absolute Gasteiger partial charge is 0.480 e. The summed E-state index contributed by atoms with van der Waals surface area (Å²) in [6.07, 6.45) is 5.85. The molecule has 0 saturated carbocycles. The van der Waals surface area contributed by atoms with E-state index in [4.69, 9.17) is 4.74 Å². The molecule has 6 heteroatoms. The van der Waals surface area contributed by atoms with E-state index in [9.17, 15) is 14.7 Å². The molecule has 0 spiro atoms. The SMILES string of the molecule is CC(C)(C)OCCC(NC(=O)c1cc2c(s1)CCCCC2)C(=O)O. The molecular formula is C18H27NO4S. The Hall–Kier alpha value is -1.40. The number of carboxylic acids is 1. The van der Waals surface area contributed by atoms with Crippen LogP contribution in [0.3, 0.4) is 0 Å². The maximum absolute atomic E-state index is 12.4. The summed E-state index contributed by atoms with van der Waals surface area (Å²) in [7, 11) is 0. The minimum Gasteiger partial charge on any atom is -0.480 e. The topological polar surface area (TPSA) is 75.6 Å². The quantitative estimate of drug-likeness (QED) is 0.769. The van der Waals surface area contributed by atoms with Crippen molar-refractivity contribution in [2.75, 3.05) is 6.61 Å². The Labute approximate surface area is 147 Å². The van der Waals surface area contributed by atoms with Gasteiger partial charge in [-0.1, -0.05) is 6.42 Å². The van der Waals surface area contributed by atoms with Gasteiger partial charge in [-0.05, 0) is 58.1 Å². The first-order valence-corrected chi connectivity index (χ1v) is 9.37. The van der Waals surface area contributed by atoms with E-state index in [1.165, 1.54) is 28.2 Å². The second-order valence-electron chi connectivity index (χ2n) is 7.23. The van der Waals surface area contributed by atoms with E-state index in [0.717, 1.165) is 25.7 Å². The molecule has 1 unspecified atom stereocenters. The molecule has 1 amide bonds. The normalized spacial score (nSPS) is 16.1. The van der Waals surface area contributed by atoms with Gasteiger partial charge in [0.25, 0.3) is 5.91 Å². The molecule has 5 nitrogen and oxygen atoms in total. The zero-order chi connectivity index (χ0) is 17.7. The minimum absolute atomic E-state index is 0.253. The van der Waals surface area contributed by atoms with Crippen molar-refractivity contribution in [1.82, 2.24) is 5.32 Å². The van der Waals surface area contributed by atoms with Crippen molar-refractivity contribution >= 4 is 23.2 Å². The second-order valence-corrected chi connectivity index (χ2v) is 8.37. The molecule has 0 saturated heterocycles. The van der Waals surface area contributed by atoms with Crippen molar-refractivity contribution in [2.24, 2.45) is 0 Å². The Morgan fingerprint density at radius 1 is 1.29 bits per heavy atom. The fourth-order valence-corrected chi connectivity index (χ4v) is 3.91. The molecule has 134 valence electrons. The lowest BCUT2D eigenvalue weighted by Gasteiger charge is -2.21. The molecule has 0 aliphatic heterocycles. The van der Waals surface area contributed by atoms with Gasteiger partial charge >= 0.3 is 5.97 Å². The predicted octanol–water partition coefficient (Wildman–Crippen LogP) is 3.41. The molecule has 1 aromatic rings. The number of carboxylic acid groups (broad SMARTS) is 1. The van der Waals surface area contributed by atoms with Gasteiger partial charge in [-0.3, -0.25) is 4.79 Å². The molecule has 2 rings (SSSR count). The highest BCUT2D eigenvalue weighted by Crippen LogP contribution is 2.29. The van der Waals surface area contributed by atoms with Crippen LogP contribution in [0.1, 0.15) is 66.6 Å². The summed E-state index contributed by atoms with van der Waals surface area (Å²) in [5.74, 6) is -1.32. The Balaban J connectivity index is 1.96. The van der Waals surface area contributed by atoms with Gasteiger partial charge < -0.3 is 15.2 Å². The Kier molecular flexibility index (Phi) is 6.40. The number of amides is 1. The van der Waals surface area contributed by atoms with Crippen molar-refractivity contribution in [3.8, 4) is 0 Å². The number of nitrogens with one attached hydrogen (secondary N) is 1. The average molecular weight is 353 g/mol. The predicted molar refractivity (Wildman–Crippen MR) is 94.8 cm³/mol. The Morgan fingerprint density at radius 2 is 2.00 bits per heavy atom. The van der Waals surface area contributed by atoms with Crippen LogP contribution in [0.2, 0.25) is 0 Å². The van der Waals surface area contributed by atoms with Crippen LogP contribution in [0, 0.1) is 0 Å². The van der Waals surface area contributed by atoms with E-state index in [1.54, 1.807) is 0 Å². The lowest BCUT2D eigenvalue weighted by Crippen LogP contribution is -2.41. The van der Waals surface area contributed by atoms with Crippen molar-refractivity contribution in [1.29, 1.82) is 0 Å². The number of thiophene rings is 1. The summed E-state index contributed by atoms with van der Waals surface area (Å²) in [5.41, 5.74) is 0.934. The Morgan fingerprint density at radius 3 is 2.67 bits per heavy atom.